The molecule has 1 heterocycles. The van der Waals surface area contributed by atoms with E-state index in [-0.39, 0.29) is 0 Å². The zero-order chi connectivity index (χ0) is 30.2. The second kappa shape index (κ2) is 11.9. The minimum absolute atomic E-state index is 1.09. The number of hydrogen-bond acceptors (Lipinski definition) is 2. The number of para-hydroxylation sites is 1. The van der Waals surface area contributed by atoms with Crippen molar-refractivity contribution < 1.29 is 0 Å². The predicted molar refractivity (Wildman–Crippen MR) is 198 cm³/mol. The number of anilines is 3. The molecule has 0 aliphatic heterocycles. The van der Waals surface area contributed by atoms with Crippen molar-refractivity contribution in [3.05, 3.63) is 174 Å². The van der Waals surface area contributed by atoms with E-state index in [1.165, 1.54) is 53.6 Å². The van der Waals surface area contributed by atoms with Crippen molar-refractivity contribution in [3.8, 4) is 33.4 Å². The Hall–Kier alpha value is -4.96. The number of halogens is 1. The van der Waals surface area contributed by atoms with Crippen molar-refractivity contribution in [1.29, 1.82) is 0 Å². The monoisotopic (exact) mass is 657 g/mol. The first-order chi connectivity index (χ1) is 22.2. The van der Waals surface area contributed by atoms with Gasteiger partial charge in [-0.1, -0.05) is 131 Å². The van der Waals surface area contributed by atoms with Crippen LogP contribution in [0.1, 0.15) is 0 Å². The molecule has 0 atom stereocenters. The topological polar surface area (TPSA) is 3.24 Å². The van der Waals surface area contributed by atoms with Gasteiger partial charge in [-0.25, -0.2) is 0 Å². The largest absolute Gasteiger partial charge is 0.310 e. The van der Waals surface area contributed by atoms with E-state index in [0.717, 1.165) is 21.5 Å². The molecular formula is C42H28BrNS. The lowest BCUT2D eigenvalue weighted by atomic mass is 9.96. The maximum absolute atomic E-state index is 3.77. The van der Waals surface area contributed by atoms with E-state index in [4.69, 9.17) is 0 Å². The van der Waals surface area contributed by atoms with Gasteiger partial charge in [0.05, 0.1) is 5.69 Å². The third kappa shape index (κ3) is 5.14. The van der Waals surface area contributed by atoms with Crippen LogP contribution in [-0.4, -0.2) is 0 Å². The second-order valence-electron chi connectivity index (χ2n) is 11.1. The van der Waals surface area contributed by atoms with Crippen molar-refractivity contribution >= 4 is 64.5 Å². The van der Waals surface area contributed by atoms with Crippen molar-refractivity contribution in [2.24, 2.45) is 0 Å². The Morgan fingerprint density at radius 2 is 1.04 bits per heavy atom. The van der Waals surface area contributed by atoms with Crippen LogP contribution < -0.4 is 4.90 Å². The summed E-state index contributed by atoms with van der Waals surface area (Å²) < 4.78 is 3.70. The molecule has 1 aromatic heterocycles. The number of fused-ring (bicyclic) bond motifs is 3. The van der Waals surface area contributed by atoms with Gasteiger partial charge in [0, 0.05) is 41.6 Å². The van der Waals surface area contributed by atoms with Crippen LogP contribution in [0.5, 0.6) is 0 Å². The average molecular weight is 659 g/mol. The van der Waals surface area contributed by atoms with E-state index in [9.17, 15) is 0 Å². The molecule has 0 aliphatic carbocycles. The molecule has 0 spiro atoms. The summed E-state index contributed by atoms with van der Waals surface area (Å²) in [5, 5.41) is 2.60. The highest BCUT2D eigenvalue weighted by Gasteiger charge is 2.21. The van der Waals surface area contributed by atoms with E-state index in [0.29, 0.717) is 0 Å². The highest BCUT2D eigenvalue weighted by atomic mass is 79.9. The second-order valence-corrected chi connectivity index (χ2v) is 13.0. The molecule has 3 heteroatoms. The van der Waals surface area contributed by atoms with Gasteiger partial charge in [-0.3, -0.25) is 0 Å². The van der Waals surface area contributed by atoms with Crippen LogP contribution in [0.4, 0.5) is 17.1 Å². The lowest BCUT2D eigenvalue weighted by Gasteiger charge is -2.28. The fraction of sp³-hybridized carbons (Fsp3) is 0. The quantitative estimate of drug-likeness (QED) is 0.172. The molecule has 0 saturated heterocycles. The fourth-order valence-electron chi connectivity index (χ4n) is 6.24. The molecule has 0 bridgehead atoms. The van der Waals surface area contributed by atoms with Crippen LogP contribution >= 0.6 is 27.3 Å². The summed E-state index contributed by atoms with van der Waals surface area (Å²) in [6.45, 7) is 0. The van der Waals surface area contributed by atoms with Gasteiger partial charge in [0.15, 0.2) is 0 Å². The van der Waals surface area contributed by atoms with Gasteiger partial charge in [0.25, 0.3) is 0 Å². The molecular weight excluding hydrogens is 630 g/mol. The maximum atomic E-state index is 3.77. The standard InChI is InChI=1S/C42H28BrNS/c43-37-25-22-32(28-36(37)30-12-4-1-5-13-30)29-20-23-34(24-21-29)44(33-16-8-3-9-17-33)38-26-27-40-42(35-18-10-11-19-39(35)45-40)41(38)31-14-6-2-7-15-31/h1-28H. The van der Waals surface area contributed by atoms with E-state index < -0.39 is 0 Å². The van der Waals surface area contributed by atoms with Crippen LogP contribution in [0.15, 0.2) is 174 Å². The number of hydrogen-bond donors (Lipinski definition) is 0. The summed E-state index contributed by atoms with van der Waals surface area (Å²) in [5.41, 5.74) is 10.6. The normalized spacial score (nSPS) is 11.2. The van der Waals surface area contributed by atoms with Gasteiger partial charge in [-0.05, 0) is 82.4 Å². The summed E-state index contributed by atoms with van der Waals surface area (Å²) in [4.78, 5) is 2.40. The third-order valence-electron chi connectivity index (χ3n) is 8.35. The Morgan fingerprint density at radius 1 is 0.444 bits per heavy atom. The first kappa shape index (κ1) is 27.6. The molecule has 214 valence electrons. The molecule has 0 saturated carbocycles. The van der Waals surface area contributed by atoms with Gasteiger partial charge in [-0.15, -0.1) is 11.3 Å². The Bertz CT molecular complexity index is 2260. The van der Waals surface area contributed by atoms with Crippen molar-refractivity contribution in [3.63, 3.8) is 0 Å². The molecule has 0 amide bonds. The highest BCUT2D eigenvalue weighted by molar-refractivity contribution is 9.10. The maximum Gasteiger partial charge on any atom is 0.0547 e. The molecule has 45 heavy (non-hydrogen) atoms. The Balaban J connectivity index is 1.30. The van der Waals surface area contributed by atoms with Crippen LogP contribution in [0.3, 0.4) is 0 Å². The summed E-state index contributed by atoms with van der Waals surface area (Å²) in [6.07, 6.45) is 0. The molecule has 0 aliphatic rings. The number of nitrogens with zero attached hydrogens (tertiary/aromatic N) is 1. The summed E-state index contributed by atoms with van der Waals surface area (Å²) in [5.74, 6) is 0. The van der Waals surface area contributed by atoms with Gasteiger partial charge in [0.2, 0.25) is 0 Å². The summed E-state index contributed by atoms with van der Waals surface area (Å²) >= 11 is 5.63. The van der Waals surface area contributed by atoms with E-state index in [1.54, 1.807) is 0 Å². The Labute approximate surface area is 275 Å². The van der Waals surface area contributed by atoms with Crippen LogP contribution in [0.25, 0.3) is 53.6 Å². The third-order valence-corrected chi connectivity index (χ3v) is 10.2. The first-order valence-electron chi connectivity index (χ1n) is 15.0. The average Bonchev–Trinajstić information content (AvgIpc) is 3.49. The molecule has 0 radical (unpaired) electrons. The first-order valence-corrected chi connectivity index (χ1v) is 16.7. The number of thiophene rings is 1. The number of benzene rings is 7. The molecule has 7 aromatic carbocycles. The number of rotatable bonds is 6. The van der Waals surface area contributed by atoms with E-state index >= 15 is 0 Å². The molecule has 1 nitrogen and oxygen atoms in total. The predicted octanol–water partition coefficient (Wildman–Crippen LogP) is 13.3. The SMILES string of the molecule is Brc1ccc(-c2ccc(N(c3ccccc3)c3ccc4sc5ccccc5c4c3-c3ccccc3)cc2)cc1-c1ccccc1. The Kier molecular flexibility index (Phi) is 7.26. The lowest BCUT2D eigenvalue weighted by Crippen LogP contribution is -2.11. The molecule has 8 rings (SSSR count). The van der Waals surface area contributed by atoms with Crippen molar-refractivity contribution in [1.82, 2.24) is 0 Å². The van der Waals surface area contributed by atoms with Gasteiger partial charge < -0.3 is 4.90 Å². The van der Waals surface area contributed by atoms with E-state index in [1.807, 2.05) is 11.3 Å². The minimum Gasteiger partial charge on any atom is -0.310 e. The van der Waals surface area contributed by atoms with Crippen LogP contribution in [-0.2, 0) is 0 Å². The van der Waals surface area contributed by atoms with Gasteiger partial charge in [0.1, 0.15) is 0 Å². The Morgan fingerprint density at radius 3 is 1.78 bits per heavy atom. The highest BCUT2D eigenvalue weighted by Crippen LogP contribution is 2.48. The van der Waals surface area contributed by atoms with Crippen LogP contribution in [0.2, 0.25) is 0 Å². The van der Waals surface area contributed by atoms with Crippen molar-refractivity contribution in [2.75, 3.05) is 4.90 Å². The van der Waals surface area contributed by atoms with Crippen molar-refractivity contribution in [2.45, 2.75) is 0 Å². The molecule has 8 aromatic rings. The van der Waals surface area contributed by atoms with Gasteiger partial charge in [-0.2, -0.15) is 0 Å². The van der Waals surface area contributed by atoms with Crippen LogP contribution in [0, 0.1) is 0 Å². The summed E-state index contributed by atoms with van der Waals surface area (Å²) in [7, 11) is 0. The zero-order valence-corrected chi connectivity index (χ0v) is 26.8. The minimum atomic E-state index is 1.09. The molecule has 0 unspecified atom stereocenters. The smallest absolute Gasteiger partial charge is 0.0547 e. The van der Waals surface area contributed by atoms with Gasteiger partial charge >= 0.3 is 0 Å². The zero-order valence-electron chi connectivity index (χ0n) is 24.4. The summed E-state index contributed by atoms with van der Waals surface area (Å²) in [6, 6.07) is 61.0. The fourth-order valence-corrected chi connectivity index (χ4v) is 7.83. The molecule has 0 N–H and O–H groups in total. The van der Waals surface area contributed by atoms with E-state index in [2.05, 4.69) is 191 Å². The lowest BCUT2D eigenvalue weighted by molar-refractivity contribution is 1.29. The molecule has 0 fully saturated rings.